The van der Waals surface area contributed by atoms with Crippen molar-refractivity contribution in [2.24, 2.45) is 11.8 Å². The SMILES string of the molecule is CC[C@H]1C[C@H]2C[C@H]3c4[nH]c5ccc(O)cc5c4CCN(C2)[C@H]13. The molecule has 2 saturated heterocycles. The molecule has 1 aromatic heterocycles. The van der Waals surface area contributed by atoms with Gasteiger partial charge >= 0.3 is 0 Å². The Morgan fingerprint density at radius 3 is 3.09 bits per heavy atom. The Morgan fingerprint density at radius 1 is 1.32 bits per heavy atom. The maximum absolute atomic E-state index is 9.87. The largest absolute Gasteiger partial charge is 0.508 e. The highest BCUT2D eigenvalue weighted by atomic mass is 16.3. The normalized spacial score (nSPS) is 36.3. The molecule has 1 unspecified atom stereocenters. The minimum Gasteiger partial charge on any atom is -0.508 e. The predicted molar refractivity (Wildman–Crippen MR) is 88.3 cm³/mol. The summed E-state index contributed by atoms with van der Waals surface area (Å²) >= 11 is 0. The summed E-state index contributed by atoms with van der Waals surface area (Å²) in [5.41, 5.74) is 4.16. The van der Waals surface area contributed by atoms with E-state index in [1.165, 1.54) is 54.5 Å². The van der Waals surface area contributed by atoms with Crippen LogP contribution in [0.25, 0.3) is 10.9 Å². The van der Waals surface area contributed by atoms with Crippen LogP contribution >= 0.6 is 0 Å². The van der Waals surface area contributed by atoms with Gasteiger partial charge < -0.3 is 10.1 Å². The van der Waals surface area contributed by atoms with Crippen LogP contribution in [0.2, 0.25) is 0 Å². The van der Waals surface area contributed by atoms with E-state index < -0.39 is 0 Å². The van der Waals surface area contributed by atoms with Crippen LogP contribution < -0.4 is 0 Å². The fraction of sp³-hybridized carbons (Fsp3) is 0.579. The van der Waals surface area contributed by atoms with Crippen molar-refractivity contribution >= 4 is 10.9 Å². The van der Waals surface area contributed by atoms with E-state index >= 15 is 0 Å². The van der Waals surface area contributed by atoms with Crippen LogP contribution in [0.3, 0.4) is 0 Å². The molecule has 1 aliphatic carbocycles. The van der Waals surface area contributed by atoms with Crippen LogP contribution in [0, 0.1) is 11.8 Å². The van der Waals surface area contributed by atoms with Crippen LogP contribution in [-0.2, 0) is 6.42 Å². The quantitative estimate of drug-likeness (QED) is 0.843. The molecule has 3 aliphatic heterocycles. The highest BCUT2D eigenvalue weighted by molar-refractivity contribution is 5.86. The summed E-state index contributed by atoms with van der Waals surface area (Å²) in [7, 11) is 0. The Labute approximate surface area is 131 Å². The van der Waals surface area contributed by atoms with Gasteiger partial charge in [0.25, 0.3) is 0 Å². The van der Waals surface area contributed by atoms with Crippen molar-refractivity contribution in [3.63, 3.8) is 0 Å². The van der Waals surface area contributed by atoms with Gasteiger partial charge in [0.15, 0.2) is 0 Å². The number of aromatic nitrogens is 1. The standard InChI is InChI=1S/C19H24N2O/c1-2-12-7-11-8-16-18-14(5-6-21(10-11)19(12)16)15-9-13(22)3-4-17(15)20-18/h3-4,9,11-12,16,19-20,22H,2,5-8,10H2,1H3/t11-,12-,16-,19+/m0/s1. The van der Waals surface area contributed by atoms with Gasteiger partial charge in [0.05, 0.1) is 0 Å². The van der Waals surface area contributed by atoms with Crippen LogP contribution in [-0.4, -0.2) is 34.1 Å². The second kappa shape index (κ2) is 4.51. The second-order valence-electron chi connectivity index (χ2n) is 7.59. The lowest BCUT2D eigenvalue weighted by atomic mass is 9.65. The van der Waals surface area contributed by atoms with Gasteiger partial charge in [-0.25, -0.2) is 0 Å². The number of rotatable bonds is 1. The van der Waals surface area contributed by atoms with Crippen molar-refractivity contribution in [3.8, 4) is 5.75 Å². The van der Waals surface area contributed by atoms with Crippen LogP contribution in [0.5, 0.6) is 5.75 Å². The third-order valence-corrected chi connectivity index (χ3v) is 6.50. The summed E-state index contributed by atoms with van der Waals surface area (Å²) in [6, 6.07) is 6.52. The molecule has 4 heterocycles. The average Bonchev–Trinajstić information content (AvgIpc) is 2.85. The summed E-state index contributed by atoms with van der Waals surface area (Å²) in [5.74, 6) is 2.80. The lowest BCUT2D eigenvalue weighted by Gasteiger charge is -2.53. The van der Waals surface area contributed by atoms with Crippen LogP contribution in [0.15, 0.2) is 18.2 Å². The molecule has 2 aromatic rings. The minimum atomic E-state index is 0.384. The zero-order valence-electron chi connectivity index (χ0n) is 13.2. The molecule has 5 atom stereocenters. The number of nitrogens with zero attached hydrogens (tertiary/aromatic N) is 1. The van der Waals surface area contributed by atoms with E-state index in [9.17, 15) is 5.11 Å². The zero-order valence-corrected chi connectivity index (χ0v) is 13.2. The van der Waals surface area contributed by atoms with Crippen molar-refractivity contribution in [2.75, 3.05) is 13.1 Å². The molecule has 1 saturated carbocycles. The van der Waals surface area contributed by atoms with Crippen molar-refractivity contribution < 1.29 is 5.11 Å². The monoisotopic (exact) mass is 296 g/mol. The third-order valence-electron chi connectivity index (χ3n) is 6.50. The Morgan fingerprint density at radius 2 is 2.23 bits per heavy atom. The fourth-order valence-corrected chi connectivity index (χ4v) is 5.68. The van der Waals surface area contributed by atoms with Crippen LogP contribution in [0.1, 0.15) is 43.4 Å². The first kappa shape index (κ1) is 13.0. The van der Waals surface area contributed by atoms with E-state index in [4.69, 9.17) is 0 Å². The van der Waals surface area contributed by atoms with Gasteiger partial charge in [-0.05, 0) is 54.9 Å². The van der Waals surface area contributed by atoms with E-state index in [0.717, 1.165) is 24.3 Å². The number of nitrogens with one attached hydrogen (secondary N) is 1. The summed E-state index contributed by atoms with van der Waals surface area (Å²) in [4.78, 5) is 6.51. The molecule has 4 aliphatic rings. The number of hydrogen-bond donors (Lipinski definition) is 2. The number of H-pyrrole nitrogens is 1. The maximum Gasteiger partial charge on any atom is 0.116 e. The number of fused-ring (bicyclic) bond motifs is 4. The molecule has 3 heteroatoms. The van der Waals surface area contributed by atoms with Gasteiger partial charge in [-0.2, -0.15) is 0 Å². The van der Waals surface area contributed by atoms with Gasteiger partial charge in [-0.15, -0.1) is 0 Å². The number of aromatic hydroxyl groups is 1. The molecular formula is C19H24N2O. The molecule has 0 radical (unpaired) electrons. The van der Waals surface area contributed by atoms with Crippen molar-refractivity contribution in [2.45, 2.75) is 44.6 Å². The molecule has 3 fully saturated rings. The molecule has 22 heavy (non-hydrogen) atoms. The molecule has 2 N–H and O–H groups in total. The van der Waals surface area contributed by atoms with E-state index in [1.807, 2.05) is 12.1 Å². The van der Waals surface area contributed by atoms with Gasteiger partial charge in [-0.1, -0.05) is 13.3 Å². The van der Waals surface area contributed by atoms with Crippen molar-refractivity contribution in [3.05, 3.63) is 29.5 Å². The van der Waals surface area contributed by atoms with E-state index in [-0.39, 0.29) is 0 Å². The highest BCUT2D eigenvalue weighted by Gasteiger charge is 2.48. The smallest absolute Gasteiger partial charge is 0.116 e. The lowest BCUT2D eigenvalue weighted by molar-refractivity contribution is -0.0134. The first-order chi connectivity index (χ1) is 10.7. The molecule has 4 bridgehead atoms. The topological polar surface area (TPSA) is 39.3 Å². The Hall–Kier alpha value is -1.48. The van der Waals surface area contributed by atoms with E-state index in [2.05, 4.69) is 16.8 Å². The van der Waals surface area contributed by atoms with Gasteiger partial charge in [-0.3, -0.25) is 4.90 Å². The Bertz CT molecular complexity index is 734. The van der Waals surface area contributed by atoms with Gasteiger partial charge in [0.2, 0.25) is 0 Å². The number of phenolic OH excluding ortho intramolecular Hbond substituents is 1. The Balaban J connectivity index is 1.69. The molecule has 6 rings (SSSR count). The summed E-state index contributed by atoms with van der Waals surface area (Å²) < 4.78 is 0. The first-order valence-electron chi connectivity index (χ1n) is 8.82. The number of hydrogen-bond acceptors (Lipinski definition) is 2. The Kier molecular flexibility index (Phi) is 2.67. The van der Waals surface area contributed by atoms with Crippen molar-refractivity contribution in [1.29, 1.82) is 0 Å². The highest BCUT2D eigenvalue weighted by Crippen LogP contribution is 2.51. The molecule has 3 nitrogen and oxygen atoms in total. The molecule has 0 spiro atoms. The number of benzene rings is 1. The number of aromatic amines is 1. The third kappa shape index (κ3) is 1.66. The molecule has 0 amide bonds. The number of phenols is 1. The second-order valence-corrected chi connectivity index (χ2v) is 7.59. The van der Waals surface area contributed by atoms with Gasteiger partial charge in [0.1, 0.15) is 5.75 Å². The maximum atomic E-state index is 9.87. The lowest BCUT2D eigenvalue weighted by Crippen LogP contribution is -2.56. The predicted octanol–water partition coefficient (Wildman–Crippen LogP) is 3.63. The summed E-state index contributed by atoms with van der Waals surface area (Å²) in [5, 5.41) is 11.1. The van der Waals surface area contributed by atoms with Gasteiger partial charge in [0, 0.05) is 41.6 Å². The summed E-state index contributed by atoms with van der Waals surface area (Å²) in [6.45, 7) is 4.86. The van der Waals surface area contributed by atoms with E-state index in [1.54, 1.807) is 6.07 Å². The van der Waals surface area contributed by atoms with Crippen LogP contribution in [0.4, 0.5) is 0 Å². The van der Waals surface area contributed by atoms with E-state index in [0.29, 0.717) is 11.7 Å². The molecule has 116 valence electrons. The average molecular weight is 296 g/mol. The fourth-order valence-electron chi connectivity index (χ4n) is 5.68. The molecule has 1 aromatic carbocycles. The first-order valence-corrected chi connectivity index (χ1v) is 8.82. The molecular weight excluding hydrogens is 272 g/mol. The van der Waals surface area contributed by atoms with Crippen molar-refractivity contribution in [1.82, 2.24) is 9.88 Å². The number of piperidine rings is 2. The minimum absolute atomic E-state index is 0.384. The summed E-state index contributed by atoms with van der Waals surface area (Å²) in [6.07, 6.45) is 5.22. The zero-order chi connectivity index (χ0) is 14.8.